The fourth-order valence-corrected chi connectivity index (χ4v) is 1.96. The molecule has 0 aliphatic heterocycles. The van der Waals surface area contributed by atoms with Crippen molar-refractivity contribution in [2.75, 3.05) is 0 Å². The normalized spacial score (nSPS) is 10.0. The van der Waals surface area contributed by atoms with Crippen LogP contribution >= 0.6 is 11.8 Å². The molecule has 70 valence electrons. The second-order valence-corrected chi connectivity index (χ2v) is 3.80. The maximum absolute atomic E-state index is 10.6. The number of hydrogen-bond acceptors (Lipinski definition) is 3. The third-order valence-electron chi connectivity index (χ3n) is 1.74. The minimum atomic E-state index is 0.388. The van der Waals surface area contributed by atoms with Gasteiger partial charge in [-0.3, -0.25) is 4.79 Å². The van der Waals surface area contributed by atoms with E-state index in [9.17, 15) is 4.79 Å². The van der Waals surface area contributed by atoms with Crippen molar-refractivity contribution in [3.05, 3.63) is 48.4 Å². The average Bonchev–Trinajstić information content (AvgIpc) is 2.67. The average molecular weight is 204 g/mol. The number of furan rings is 1. The van der Waals surface area contributed by atoms with Gasteiger partial charge in [-0.15, -0.1) is 0 Å². The van der Waals surface area contributed by atoms with Crippen molar-refractivity contribution < 1.29 is 9.21 Å². The molecule has 0 aliphatic carbocycles. The molecule has 14 heavy (non-hydrogen) atoms. The molecule has 0 unspecified atom stereocenters. The van der Waals surface area contributed by atoms with Gasteiger partial charge in [0.15, 0.2) is 12.0 Å². The van der Waals surface area contributed by atoms with Crippen molar-refractivity contribution in [3.63, 3.8) is 0 Å². The van der Waals surface area contributed by atoms with Crippen LogP contribution in [0, 0.1) is 0 Å². The minimum absolute atomic E-state index is 0.388. The van der Waals surface area contributed by atoms with Crippen molar-refractivity contribution in [1.82, 2.24) is 0 Å². The van der Waals surface area contributed by atoms with E-state index in [0.717, 1.165) is 16.1 Å². The van der Waals surface area contributed by atoms with Crippen LogP contribution in [-0.2, 0) is 0 Å². The molecule has 1 heterocycles. The highest BCUT2D eigenvalue weighted by atomic mass is 32.2. The minimum Gasteiger partial charge on any atom is -0.460 e. The van der Waals surface area contributed by atoms with Gasteiger partial charge >= 0.3 is 0 Å². The van der Waals surface area contributed by atoms with Gasteiger partial charge in [-0.2, -0.15) is 0 Å². The Kier molecular flexibility index (Phi) is 2.70. The summed E-state index contributed by atoms with van der Waals surface area (Å²) < 4.78 is 5.00. The summed E-state index contributed by atoms with van der Waals surface area (Å²) in [6.07, 6.45) is 2.25. The first-order chi connectivity index (χ1) is 6.90. The molecule has 0 N–H and O–H groups in total. The highest BCUT2D eigenvalue weighted by Crippen LogP contribution is 2.29. The standard InChI is InChI=1S/C11H8O2S/c12-8-10-11(6-7-13-10)14-9-4-2-1-3-5-9/h1-8H. The summed E-state index contributed by atoms with van der Waals surface area (Å²) in [5, 5.41) is 0. The monoisotopic (exact) mass is 204 g/mol. The van der Waals surface area contributed by atoms with E-state index in [4.69, 9.17) is 4.42 Å². The summed E-state index contributed by atoms with van der Waals surface area (Å²) in [6, 6.07) is 11.7. The van der Waals surface area contributed by atoms with E-state index in [-0.39, 0.29) is 0 Å². The van der Waals surface area contributed by atoms with Crippen LogP contribution in [0.3, 0.4) is 0 Å². The second-order valence-electron chi connectivity index (χ2n) is 2.68. The van der Waals surface area contributed by atoms with Crippen molar-refractivity contribution in [3.8, 4) is 0 Å². The zero-order valence-corrected chi connectivity index (χ0v) is 8.16. The van der Waals surface area contributed by atoms with E-state index in [0.29, 0.717) is 5.76 Å². The molecule has 0 bridgehead atoms. The molecule has 1 aromatic carbocycles. The van der Waals surface area contributed by atoms with Crippen LogP contribution in [0.1, 0.15) is 10.6 Å². The van der Waals surface area contributed by atoms with Crippen LogP contribution in [0.25, 0.3) is 0 Å². The van der Waals surface area contributed by atoms with Gasteiger partial charge in [0.05, 0.1) is 11.2 Å². The fourth-order valence-electron chi connectivity index (χ4n) is 1.10. The Labute approximate surface area is 85.9 Å². The Bertz CT molecular complexity index is 420. The summed E-state index contributed by atoms with van der Waals surface area (Å²) in [4.78, 5) is 12.5. The van der Waals surface area contributed by atoms with Crippen LogP contribution in [0.15, 0.2) is 56.9 Å². The van der Waals surface area contributed by atoms with Gasteiger partial charge in [-0.05, 0) is 18.2 Å². The molecule has 0 saturated carbocycles. The number of benzene rings is 1. The zero-order valence-electron chi connectivity index (χ0n) is 7.34. The number of rotatable bonds is 3. The van der Waals surface area contributed by atoms with Gasteiger partial charge in [0.2, 0.25) is 0 Å². The Balaban J connectivity index is 2.23. The maximum atomic E-state index is 10.6. The number of carbonyl (C=O) groups excluding carboxylic acids is 1. The molecule has 0 atom stereocenters. The molecular weight excluding hydrogens is 196 g/mol. The summed E-state index contributed by atoms with van der Waals surface area (Å²) in [7, 11) is 0. The SMILES string of the molecule is O=Cc1occc1Sc1ccccc1. The van der Waals surface area contributed by atoms with Crippen LogP contribution in [0.4, 0.5) is 0 Å². The van der Waals surface area contributed by atoms with Gasteiger partial charge in [-0.1, -0.05) is 30.0 Å². The lowest BCUT2D eigenvalue weighted by molar-refractivity contribution is 0.109. The van der Waals surface area contributed by atoms with Gasteiger partial charge < -0.3 is 4.42 Å². The Morgan fingerprint density at radius 2 is 1.93 bits per heavy atom. The molecule has 0 saturated heterocycles. The number of hydrogen-bond donors (Lipinski definition) is 0. The van der Waals surface area contributed by atoms with Crippen LogP contribution < -0.4 is 0 Å². The zero-order chi connectivity index (χ0) is 9.80. The van der Waals surface area contributed by atoms with E-state index in [2.05, 4.69) is 0 Å². The Hall–Kier alpha value is -1.48. The molecule has 2 rings (SSSR count). The van der Waals surface area contributed by atoms with Crippen LogP contribution in [0.2, 0.25) is 0 Å². The van der Waals surface area contributed by atoms with Gasteiger partial charge in [0, 0.05) is 4.90 Å². The van der Waals surface area contributed by atoms with Gasteiger partial charge in [0.1, 0.15) is 0 Å². The quantitative estimate of drug-likeness (QED) is 0.719. The summed E-state index contributed by atoms with van der Waals surface area (Å²) >= 11 is 1.52. The number of carbonyl (C=O) groups is 1. The molecule has 1 aromatic heterocycles. The summed E-state index contributed by atoms with van der Waals surface area (Å²) in [5.74, 6) is 0.388. The number of aldehydes is 1. The lowest BCUT2D eigenvalue weighted by Gasteiger charge is -1.97. The Morgan fingerprint density at radius 3 is 2.64 bits per heavy atom. The van der Waals surface area contributed by atoms with Crippen LogP contribution in [0.5, 0.6) is 0 Å². The second kappa shape index (κ2) is 4.15. The topological polar surface area (TPSA) is 30.2 Å². The maximum Gasteiger partial charge on any atom is 0.186 e. The van der Waals surface area contributed by atoms with E-state index in [1.165, 1.54) is 18.0 Å². The molecule has 3 heteroatoms. The van der Waals surface area contributed by atoms with Crippen LogP contribution in [-0.4, -0.2) is 6.29 Å². The van der Waals surface area contributed by atoms with Crippen molar-refractivity contribution in [2.24, 2.45) is 0 Å². The van der Waals surface area contributed by atoms with Gasteiger partial charge in [0.25, 0.3) is 0 Å². The van der Waals surface area contributed by atoms with E-state index < -0.39 is 0 Å². The van der Waals surface area contributed by atoms with E-state index in [1.807, 2.05) is 30.3 Å². The first-order valence-corrected chi connectivity index (χ1v) is 4.97. The molecule has 0 spiro atoms. The molecule has 0 amide bonds. The lowest BCUT2D eigenvalue weighted by atomic mass is 10.4. The highest BCUT2D eigenvalue weighted by Gasteiger charge is 2.05. The predicted octanol–water partition coefficient (Wildman–Crippen LogP) is 3.24. The fraction of sp³-hybridized carbons (Fsp3) is 0. The highest BCUT2D eigenvalue weighted by molar-refractivity contribution is 7.99. The lowest BCUT2D eigenvalue weighted by Crippen LogP contribution is -1.77. The smallest absolute Gasteiger partial charge is 0.186 e. The summed E-state index contributed by atoms with van der Waals surface area (Å²) in [6.45, 7) is 0. The van der Waals surface area contributed by atoms with E-state index >= 15 is 0 Å². The third-order valence-corrected chi connectivity index (χ3v) is 2.80. The molecule has 0 radical (unpaired) electrons. The molecule has 2 nitrogen and oxygen atoms in total. The van der Waals surface area contributed by atoms with Gasteiger partial charge in [-0.25, -0.2) is 0 Å². The molecule has 2 aromatic rings. The third kappa shape index (κ3) is 1.88. The van der Waals surface area contributed by atoms with Crippen molar-refractivity contribution in [2.45, 2.75) is 9.79 Å². The predicted molar refractivity (Wildman–Crippen MR) is 54.7 cm³/mol. The van der Waals surface area contributed by atoms with E-state index in [1.54, 1.807) is 6.07 Å². The molecule has 0 aliphatic rings. The Morgan fingerprint density at radius 1 is 1.14 bits per heavy atom. The summed E-state index contributed by atoms with van der Waals surface area (Å²) in [5.41, 5.74) is 0. The molecular formula is C11H8O2S. The first-order valence-electron chi connectivity index (χ1n) is 4.16. The largest absolute Gasteiger partial charge is 0.460 e. The van der Waals surface area contributed by atoms with Crippen molar-refractivity contribution in [1.29, 1.82) is 0 Å². The molecule has 0 fully saturated rings. The first kappa shape index (κ1) is 9.09. The van der Waals surface area contributed by atoms with Crippen molar-refractivity contribution >= 4 is 18.0 Å².